The number of nitrogens with one attached hydrogen (secondary N) is 2. The Kier molecular flexibility index (Phi) is 6.09. The van der Waals surface area contributed by atoms with Gasteiger partial charge in [0, 0.05) is 6.42 Å². The molecule has 0 saturated carbocycles. The van der Waals surface area contributed by atoms with E-state index in [2.05, 4.69) is 22.4 Å². The van der Waals surface area contributed by atoms with E-state index in [1.807, 2.05) is 66.7 Å². The number of methoxy groups -OCH3 is 1. The predicted molar refractivity (Wildman–Crippen MR) is 118 cm³/mol. The molecule has 5 nitrogen and oxygen atoms in total. The van der Waals surface area contributed by atoms with E-state index in [9.17, 15) is 4.79 Å². The van der Waals surface area contributed by atoms with Crippen molar-refractivity contribution in [2.75, 3.05) is 7.11 Å². The second-order valence-electron chi connectivity index (χ2n) is 7.30. The third-order valence-corrected chi connectivity index (χ3v) is 5.16. The third-order valence-electron chi connectivity index (χ3n) is 5.16. The maximum Gasteiger partial charge on any atom is 0.220 e. The molecular weight excluding hydrogens is 374 g/mol. The second kappa shape index (κ2) is 9.27. The van der Waals surface area contributed by atoms with E-state index in [1.54, 1.807) is 7.11 Å². The molecule has 1 heterocycles. The normalized spacial score (nSPS) is 11.9. The first kappa shape index (κ1) is 19.7. The lowest BCUT2D eigenvalue weighted by Gasteiger charge is -2.17. The Morgan fingerprint density at radius 1 is 0.967 bits per heavy atom. The lowest BCUT2D eigenvalue weighted by molar-refractivity contribution is -0.121. The molecule has 152 valence electrons. The van der Waals surface area contributed by atoms with Gasteiger partial charge < -0.3 is 15.0 Å². The largest absolute Gasteiger partial charge is 0.497 e. The van der Waals surface area contributed by atoms with E-state index in [4.69, 9.17) is 9.72 Å². The number of ether oxygens (including phenoxy) is 1. The lowest BCUT2D eigenvalue weighted by atomic mass is 10.0. The fraction of sp³-hybridized carbons (Fsp3) is 0.200. The Labute approximate surface area is 176 Å². The zero-order valence-corrected chi connectivity index (χ0v) is 17.0. The molecule has 0 saturated heterocycles. The number of aromatic nitrogens is 2. The van der Waals surface area contributed by atoms with Crippen LogP contribution in [0.1, 0.15) is 29.4 Å². The molecule has 0 aliphatic rings. The van der Waals surface area contributed by atoms with E-state index in [1.165, 1.54) is 0 Å². The number of amides is 1. The highest BCUT2D eigenvalue weighted by Crippen LogP contribution is 2.20. The summed E-state index contributed by atoms with van der Waals surface area (Å²) in [6, 6.07) is 25.7. The highest BCUT2D eigenvalue weighted by molar-refractivity contribution is 5.77. The molecule has 3 aromatic carbocycles. The van der Waals surface area contributed by atoms with E-state index >= 15 is 0 Å². The molecule has 0 unspecified atom stereocenters. The summed E-state index contributed by atoms with van der Waals surface area (Å²) in [5, 5.41) is 3.18. The van der Waals surface area contributed by atoms with Gasteiger partial charge in [-0.2, -0.15) is 0 Å². The first-order valence-corrected chi connectivity index (χ1v) is 10.1. The number of imidazole rings is 1. The number of H-pyrrole nitrogens is 1. The Bertz CT molecular complexity index is 1070. The zero-order chi connectivity index (χ0) is 20.8. The number of nitrogens with zero attached hydrogens (tertiary/aromatic N) is 1. The Morgan fingerprint density at radius 2 is 1.70 bits per heavy atom. The van der Waals surface area contributed by atoms with Crippen molar-refractivity contribution >= 4 is 16.9 Å². The molecule has 1 atom stereocenters. The molecule has 0 radical (unpaired) electrons. The molecule has 0 fully saturated rings. The predicted octanol–water partition coefficient (Wildman–Crippen LogP) is 4.60. The van der Waals surface area contributed by atoms with Gasteiger partial charge in [-0.25, -0.2) is 4.98 Å². The summed E-state index contributed by atoms with van der Waals surface area (Å²) in [7, 11) is 1.65. The monoisotopic (exact) mass is 399 g/mol. The van der Waals surface area contributed by atoms with Crippen LogP contribution in [0.5, 0.6) is 5.75 Å². The van der Waals surface area contributed by atoms with Gasteiger partial charge >= 0.3 is 0 Å². The number of hydrogen-bond acceptors (Lipinski definition) is 3. The molecule has 1 amide bonds. The van der Waals surface area contributed by atoms with Gasteiger partial charge in [0.1, 0.15) is 11.6 Å². The minimum absolute atomic E-state index is 0.00667. The zero-order valence-electron chi connectivity index (χ0n) is 17.0. The highest BCUT2D eigenvalue weighted by Gasteiger charge is 2.19. The van der Waals surface area contributed by atoms with Gasteiger partial charge in [0.25, 0.3) is 0 Å². The highest BCUT2D eigenvalue weighted by atomic mass is 16.5. The molecule has 0 aliphatic carbocycles. The number of carbonyl (C=O) groups excluding carboxylic acids is 1. The molecule has 2 N–H and O–H groups in total. The molecule has 0 aliphatic heterocycles. The molecule has 4 aromatic rings. The van der Waals surface area contributed by atoms with Crippen LogP contribution in [0.3, 0.4) is 0 Å². The van der Waals surface area contributed by atoms with E-state index in [0.29, 0.717) is 19.3 Å². The first-order chi connectivity index (χ1) is 14.7. The number of aryl methyl sites for hydroxylation is 1. The molecule has 0 spiro atoms. The van der Waals surface area contributed by atoms with Crippen LogP contribution in [0, 0.1) is 0 Å². The second-order valence-corrected chi connectivity index (χ2v) is 7.30. The summed E-state index contributed by atoms with van der Waals surface area (Å²) in [4.78, 5) is 20.8. The molecule has 0 bridgehead atoms. The van der Waals surface area contributed by atoms with Crippen molar-refractivity contribution in [3.05, 3.63) is 95.8 Å². The number of para-hydroxylation sites is 2. The van der Waals surface area contributed by atoms with Gasteiger partial charge in [-0.05, 0) is 48.2 Å². The molecule has 1 aromatic heterocycles. The molecular formula is C25H25N3O2. The Hall–Kier alpha value is -3.60. The minimum atomic E-state index is -0.219. The number of rotatable bonds is 8. The van der Waals surface area contributed by atoms with Crippen molar-refractivity contribution < 1.29 is 9.53 Å². The van der Waals surface area contributed by atoms with E-state index in [0.717, 1.165) is 33.7 Å². The van der Waals surface area contributed by atoms with Crippen molar-refractivity contribution in [2.24, 2.45) is 0 Å². The number of benzene rings is 3. The van der Waals surface area contributed by atoms with Crippen LogP contribution in [0.15, 0.2) is 78.9 Å². The molecule has 4 rings (SSSR count). The van der Waals surface area contributed by atoms with E-state index in [-0.39, 0.29) is 11.9 Å². The Morgan fingerprint density at radius 3 is 2.43 bits per heavy atom. The lowest BCUT2D eigenvalue weighted by Crippen LogP contribution is -2.31. The number of aromatic amines is 1. The van der Waals surface area contributed by atoms with Gasteiger partial charge in [0.15, 0.2) is 0 Å². The average Bonchev–Trinajstić information content (AvgIpc) is 3.23. The SMILES string of the molecule is COc1ccc(CCC(=O)N[C@H](Cc2ccccc2)c2nc3ccccc3[nH]2)cc1. The summed E-state index contributed by atoms with van der Waals surface area (Å²) >= 11 is 0. The van der Waals surface area contributed by atoms with Crippen LogP contribution in [0.4, 0.5) is 0 Å². The van der Waals surface area contributed by atoms with Gasteiger partial charge in [-0.3, -0.25) is 4.79 Å². The Balaban J connectivity index is 1.47. The maximum atomic E-state index is 12.8. The van der Waals surface area contributed by atoms with Crippen molar-refractivity contribution in [2.45, 2.75) is 25.3 Å². The minimum Gasteiger partial charge on any atom is -0.497 e. The summed E-state index contributed by atoms with van der Waals surface area (Å²) < 4.78 is 5.19. The van der Waals surface area contributed by atoms with Crippen molar-refractivity contribution in [3.63, 3.8) is 0 Å². The maximum absolute atomic E-state index is 12.8. The summed E-state index contributed by atoms with van der Waals surface area (Å²) in [6.45, 7) is 0. The van der Waals surface area contributed by atoms with Crippen molar-refractivity contribution in [1.82, 2.24) is 15.3 Å². The summed E-state index contributed by atoms with van der Waals surface area (Å²) in [5.41, 5.74) is 4.13. The fourth-order valence-electron chi connectivity index (χ4n) is 3.52. The number of fused-ring (bicyclic) bond motifs is 1. The van der Waals surface area contributed by atoms with Crippen LogP contribution in [-0.2, 0) is 17.6 Å². The van der Waals surface area contributed by atoms with Crippen LogP contribution in [0.2, 0.25) is 0 Å². The van der Waals surface area contributed by atoms with Crippen LogP contribution in [-0.4, -0.2) is 23.0 Å². The summed E-state index contributed by atoms with van der Waals surface area (Å²) in [5.74, 6) is 1.60. The first-order valence-electron chi connectivity index (χ1n) is 10.1. The van der Waals surface area contributed by atoms with Gasteiger partial charge in [0.2, 0.25) is 5.91 Å². The van der Waals surface area contributed by atoms with Crippen LogP contribution < -0.4 is 10.1 Å². The van der Waals surface area contributed by atoms with Crippen molar-refractivity contribution in [3.8, 4) is 5.75 Å². The molecule has 5 heteroatoms. The number of carbonyl (C=O) groups is 1. The van der Waals surface area contributed by atoms with E-state index < -0.39 is 0 Å². The van der Waals surface area contributed by atoms with Gasteiger partial charge in [-0.1, -0.05) is 54.6 Å². The molecule has 30 heavy (non-hydrogen) atoms. The standard InChI is InChI=1S/C25H25N3O2/c1-30-20-14-11-18(12-15-20)13-16-24(29)26-23(17-19-7-3-2-4-8-19)25-27-21-9-5-6-10-22(21)28-25/h2-12,14-15,23H,13,16-17H2,1H3,(H,26,29)(H,27,28)/t23-/m1/s1. The smallest absolute Gasteiger partial charge is 0.220 e. The number of hydrogen-bond donors (Lipinski definition) is 2. The van der Waals surface area contributed by atoms with Gasteiger partial charge in [-0.15, -0.1) is 0 Å². The quantitative estimate of drug-likeness (QED) is 0.455. The third kappa shape index (κ3) is 4.87. The van der Waals surface area contributed by atoms with Crippen LogP contribution in [0.25, 0.3) is 11.0 Å². The summed E-state index contributed by atoms with van der Waals surface area (Å²) in [6.07, 6.45) is 1.76. The van der Waals surface area contributed by atoms with Crippen LogP contribution >= 0.6 is 0 Å². The topological polar surface area (TPSA) is 67.0 Å². The van der Waals surface area contributed by atoms with Crippen molar-refractivity contribution in [1.29, 1.82) is 0 Å². The van der Waals surface area contributed by atoms with Gasteiger partial charge in [0.05, 0.1) is 24.2 Å². The average molecular weight is 399 g/mol. The fourth-order valence-corrected chi connectivity index (χ4v) is 3.52.